The van der Waals surface area contributed by atoms with Crippen molar-refractivity contribution in [3.63, 3.8) is 0 Å². The van der Waals surface area contributed by atoms with Gasteiger partial charge in [-0.3, -0.25) is 4.79 Å². The van der Waals surface area contributed by atoms with Crippen molar-refractivity contribution in [3.05, 3.63) is 51.5 Å². The third kappa shape index (κ3) is 4.12. The van der Waals surface area contributed by atoms with E-state index in [4.69, 9.17) is 0 Å². The van der Waals surface area contributed by atoms with Gasteiger partial charge >= 0.3 is 0 Å². The summed E-state index contributed by atoms with van der Waals surface area (Å²) in [6, 6.07) is 4.12. The van der Waals surface area contributed by atoms with Gasteiger partial charge in [-0.25, -0.2) is 9.97 Å². The largest absolute Gasteiger partial charge is 0.356 e. The molecule has 1 heterocycles. The van der Waals surface area contributed by atoms with Crippen molar-refractivity contribution in [1.29, 1.82) is 0 Å². The van der Waals surface area contributed by atoms with E-state index in [-0.39, 0.29) is 5.78 Å². The van der Waals surface area contributed by atoms with Crippen molar-refractivity contribution >= 4 is 11.6 Å². The smallest absolute Gasteiger partial charge is 0.212 e. The minimum Gasteiger partial charge on any atom is -0.356 e. The van der Waals surface area contributed by atoms with Crippen molar-refractivity contribution in [3.8, 4) is 0 Å². The lowest BCUT2D eigenvalue weighted by Gasteiger charge is -2.25. The fraction of sp³-hybridized carbons (Fsp3) is 0.500. The standard InChI is InChI=1S/C22H31N3O/c1-8-10-25(11-9-2)22-17(6)20(23-18(7)24-22)21(26)19-15(4)12-14(3)13-16(19)5/h12-13H,8-11H2,1-7H3. The van der Waals surface area contributed by atoms with Gasteiger partial charge in [0.25, 0.3) is 0 Å². The lowest BCUT2D eigenvalue weighted by atomic mass is 9.94. The molecule has 2 aromatic rings. The highest BCUT2D eigenvalue weighted by atomic mass is 16.1. The molecule has 1 aromatic heterocycles. The molecule has 0 fully saturated rings. The van der Waals surface area contributed by atoms with Crippen LogP contribution < -0.4 is 4.90 Å². The van der Waals surface area contributed by atoms with Crippen LogP contribution in [0.25, 0.3) is 0 Å². The second kappa shape index (κ2) is 8.43. The number of hydrogen-bond acceptors (Lipinski definition) is 4. The minimum absolute atomic E-state index is 0.00260. The topological polar surface area (TPSA) is 46.1 Å². The first-order valence-corrected chi connectivity index (χ1v) is 9.52. The van der Waals surface area contributed by atoms with Gasteiger partial charge in [-0.1, -0.05) is 31.5 Å². The van der Waals surface area contributed by atoms with Crippen LogP contribution in [-0.4, -0.2) is 28.8 Å². The number of nitrogens with zero attached hydrogens (tertiary/aromatic N) is 3. The number of benzene rings is 1. The SMILES string of the molecule is CCCN(CCC)c1nc(C)nc(C(=O)c2c(C)cc(C)cc2C)c1C. The van der Waals surface area contributed by atoms with Crippen LogP contribution in [0.3, 0.4) is 0 Å². The Hall–Kier alpha value is -2.23. The van der Waals surface area contributed by atoms with Gasteiger partial charge in [0.2, 0.25) is 5.78 Å². The van der Waals surface area contributed by atoms with Crippen LogP contribution in [0.4, 0.5) is 5.82 Å². The number of ketones is 1. The van der Waals surface area contributed by atoms with E-state index in [1.165, 1.54) is 5.56 Å². The fourth-order valence-electron chi connectivity index (χ4n) is 3.66. The number of carbonyl (C=O) groups excluding carboxylic acids is 1. The van der Waals surface area contributed by atoms with Crippen LogP contribution in [0.15, 0.2) is 12.1 Å². The van der Waals surface area contributed by atoms with Crippen LogP contribution in [0, 0.1) is 34.6 Å². The Balaban J connectivity index is 2.59. The molecule has 0 saturated carbocycles. The van der Waals surface area contributed by atoms with E-state index in [9.17, 15) is 4.79 Å². The van der Waals surface area contributed by atoms with Crippen LogP contribution in [0.2, 0.25) is 0 Å². The molecule has 0 unspecified atom stereocenters. The molecule has 0 aliphatic carbocycles. The van der Waals surface area contributed by atoms with Crippen molar-refractivity contribution < 1.29 is 4.79 Å². The second-order valence-electron chi connectivity index (χ2n) is 7.16. The molecule has 4 nitrogen and oxygen atoms in total. The van der Waals surface area contributed by atoms with Crippen molar-refractivity contribution in [1.82, 2.24) is 9.97 Å². The maximum Gasteiger partial charge on any atom is 0.212 e. The Kier molecular flexibility index (Phi) is 6.52. The van der Waals surface area contributed by atoms with Crippen LogP contribution >= 0.6 is 0 Å². The van der Waals surface area contributed by atoms with Gasteiger partial charge in [0.05, 0.1) is 0 Å². The summed E-state index contributed by atoms with van der Waals surface area (Å²) in [6.07, 6.45) is 2.09. The zero-order chi connectivity index (χ0) is 19.4. The quantitative estimate of drug-likeness (QED) is 0.666. The normalized spacial score (nSPS) is 10.9. The number of carbonyl (C=O) groups is 1. The van der Waals surface area contributed by atoms with Gasteiger partial charge in [0, 0.05) is 24.2 Å². The summed E-state index contributed by atoms with van der Waals surface area (Å²) in [5.41, 5.74) is 5.35. The molecule has 1 aromatic carbocycles. The van der Waals surface area contributed by atoms with Gasteiger partial charge in [-0.05, 0) is 58.6 Å². The van der Waals surface area contributed by atoms with E-state index in [0.29, 0.717) is 11.5 Å². The zero-order valence-electron chi connectivity index (χ0n) is 17.2. The minimum atomic E-state index is -0.00260. The van der Waals surface area contributed by atoms with Gasteiger partial charge < -0.3 is 4.90 Å². The Morgan fingerprint density at radius 2 is 1.46 bits per heavy atom. The number of anilines is 1. The summed E-state index contributed by atoms with van der Waals surface area (Å²) < 4.78 is 0. The van der Waals surface area contributed by atoms with Crippen molar-refractivity contribution in [2.75, 3.05) is 18.0 Å². The first-order valence-electron chi connectivity index (χ1n) is 9.52. The van der Waals surface area contributed by atoms with Gasteiger partial charge in [-0.15, -0.1) is 0 Å². The first-order chi connectivity index (χ1) is 12.3. The van der Waals surface area contributed by atoms with E-state index in [2.05, 4.69) is 47.8 Å². The Bertz CT molecular complexity index is 782. The summed E-state index contributed by atoms with van der Waals surface area (Å²) >= 11 is 0. The highest BCUT2D eigenvalue weighted by Crippen LogP contribution is 2.25. The Labute approximate surface area is 157 Å². The van der Waals surface area contributed by atoms with Crippen molar-refractivity contribution in [2.45, 2.75) is 61.3 Å². The Morgan fingerprint density at radius 1 is 0.923 bits per heavy atom. The maximum atomic E-state index is 13.4. The van der Waals surface area contributed by atoms with E-state index in [1.807, 2.05) is 27.7 Å². The molecule has 26 heavy (non-hydrogen) atoms. The summed E-state index contributed by atoms with van der Waals surface area (Å²) in [5, 5.41) is 0. The van der Waals surface area contributed by atoms with E-state index in [0.717, 1.165) is 54.0 Å². The summed E-state index contributed by atoms with van der Waals surface area (Å²) in [4.78, 5) is 24.8. The average Bonchev–Trinajstić information content (AvgIpc) is 2.55. The predicted octanol–water partition coefficient (Wildman–Crippen LogP) is 4.88. The van der Waals surface area contributed by atoms with Gasteiger partial charge in [-0.2, -0.15) is 0 Å². The molecule has 2 rings (SSSR count). The first kappa shape index (κ1) is 20.1. The number of rotatable bonds is 7. The molecule has 0 saturated heterocycles. The molecule has 0 radical (unpaired) electrons. The molecule has 0 aliphatic rings. The molecule has 140 valence electrons. The second-order valence-corrected chi connectivity index (χ2v) is 7.16. The molecule has 4 heteroatoms. The number of aromatic nitrogens is 2. The molecule has 0 atom stereocenters. The maximum absolute atomic E-state index is 13.4. The van der Waals surface area contributed by atoms with Crippen molar-refractivity contribution in [2.24, 2.45) is 0 Å². The molecule has 0 aliphatic heterocycles. The molecule has 0 bridgehead atoms. The number of aryl methyl sites for hydroxylation is 4. The molecular weight excluding hydrogens is 322 g/mol. The van der Waals surface area contributed by atoms with Gasteiger partial charge in [0.1, 0.15) is 17.3 Å². The van der Waals surface area contributed by atoms with Crippen LogP contribution in [0.1, 0.15) is 70.8 Å². The van der Waals surface area contributed by atoms with E-state index in [1.54, 1.807) is 0 Å². The fourth-order valence-corrected chi connectivity index (χ4v) is 3.66. The molecule has 0 spiro atoms. The average molecular weight is 354 g/mol. The van der Waals surface area contributed by atoms with Gasteiger partial charge in [0.15, 0.2) is 0 Å². The highest BCUT2D eigenvalue weighted by Gasteiger charge is 2.23. The number of hydrogen-bond donors (Lipinski definition) is 0. The Morgan fingerprint density at radius 3 is 1.96 bits per heavy atom. The summed E-state index contributed by atoms with van der Waals surface area (Å²) in [5.74, 6) is 1.54. The van der Waals surface area contributed by atoms with E-state index >= 15 is 0 Å². The monoisotopic (exact) mass is 353 g/mol. The molecule has 0 amide bonds. The highest BCUT2D eigenvalue weighted by molar-refractivity contribution is 6.11. The lowest BCUT2D eigenvalue weighted by Crippen LogP contribution is -2.28. The third-order valence-corrected chi connectivity index (χ3v) is 4.64. The third-order valence-electron chi connectivity index (χ3n) is 4.64. The summed E-state index contributed by atoms with van der Waals surface area (Å²) in [6.45, 7) is 16.1. The predicted molar refractivity (Wildman–Crippen MR) is 108 cm³/mol. The summed E-state index contributed by atoms with van der Waals surface area (Å²) in [7, 11) is 0. The van der Waals surface area contributed by atoms with E-state index < -0.39 is 0 Å². The zero-order valence-corrected chi connectivity index (χ0v) is 17.2. The molecular formula is C22H31N3O. The van der Waals surface area contributed by atoms with Crippen LogP contribution in [0.5, 0.6) is 0 Å². The lowest BCUT2D eigenvalue weighted by molar-refractivity contribution is 0.103. The molecule has 0 N–H and O–H groups in total. The van der Waals surface area contributed by atoms with Crippen LogP contribution in [-0.2, 0) is 0 Å².